The Labute approximate surface area is 79.5 Å². The van der Waals surface area contributed by atoms with Crippen molar-refractivity contribution in [1.82, 2.24) is 5.32 Å². The smallest absolute Gasteiger partial charge is 0.137 e. The van der Waals surface area contributed by atoms with Gasteiger partial charge in [0, 0.05) is 18.4 Å². The van der Waals surface area contributed by atoms with E-state index in [0.29, 0.717) is 17.7 Å². The van der Waals surface area contributed by atoms with Crippen LogP contribution in [0.15, 0.2) is 0 Å². The lowest BCUT2D eigenvalue weighted by Gasteiger charge is -2.15. The van der Waals surface area contributed by atoms with E-state index in [2.05, 4.69) is 5.32 Å². The van der Waals surface area contributed by atoms with Gasteiger partial charge in [-0.25, -0.2) is 0 Å². The maximum absolute atomic E-state index is 11.3. The lowest BCUT2D eigenvalue weighted by Crippen LogP contribution is -2.32. The van der Waals surface area contributed by atoms with E-state index in [1.807, 2.05) is 0 Å². The van der Waals surface area contributed by atoms with Gasteiger partial charge in [-0.05, 0) is 32.2 Å². The molecule has 3 heteroatoms. The van der Waals surface area contributed by atoms with Crippen LogP contribution in [0.1, 0.15) is 32.1 Å². The van der Waals surface area contributed by atoms with Crippen molar-refractivity contribution in [3.63, 3.8) is 0 Å². The number of hydrogen-bond acceptors (Lipinski definition) is 2. The van der Waals surface area contributed by atoms with Crippen molar-refractivity contribution in [3.8, 4) is 0 Å². The minimum Gasteiger partial charge on any atom is -0.313 e. The predicted molar refractivity (Wildman–Crippen MR) is 50.6 cm³/mol. The molecule has 2 nitrogen and oxygen atoms in total. The second kappa shape index (κ2) is 4.24. The highest BCUT2D eigenvalue weighted by Crippen LogP contribution is 2.28. The van der Waals surface area contributed by atoms with Gasteiger partial charge in [-0.15, -0.1) is 12.4 Å². The van der Waals surface area contributed by atoms with Crippen molar-refractivity contribution < 1.29 is 4.79 Å². The van der Waals surface area contributed by atoms with E-state index >= 15 is 0 Å². The van der Waals surface area contributed by atoms with E-state index < -0.39 is 0 Å². The van der Waals surface area contributed by atoms with E-state index in [4.69, 9.17) is 0 Å². The van der Waals surface area contributed by atoms with Crippen LogP contribution < -0.4 is 5.32 Å². The Hall–Kier alpha value is -0.0800. The fourth-order valence-electron chi connectivity index (χ4n) is 2.32. The zero-order valence-electron chi connectivity index (χ0n) is 7.21. The highest BCUT2D eigenvalue weighted by Gasteiger charge is 2.33. The third-order valence-electron chi connectivity index (χ3n) is 2.94. The molecular formula is C9H16ClNO. The predicted octanol–water partition coefficient (Wildman–Crippen LogP) is 1.53. The van der Waals surface area contributed by atoms with Gasteiger partial charge in [0.2, 0.25) is 0 Å². The van der Waals surface area contributed by atoms with Crippen LogP contribution in [0.3, 0.4) is 0 Å². The molecule has 0 aromatic carbocycles. The van der Waals surface area contributed by atoms with Crippen LogP contribution in [0.4, 0.5) is 0 Å². The number of carbonyl (C=O) groups is 1. The fraction of sp³-hybridized carbons (Fsp3) is 0.889. The first-order valence-corrected chi connectivity index (χ1v) is 4.64. The number of ketones is 1. The summed E-state index contributed by atoms with van der Waals surface area (Å²) in [5.74, 6) is 0.877. The van der Waals surface area contributed by atoms with E-state index in [9.17, 15) is 4.79 Å². The molecule has 1 saturated carbocycles. The van der Waals surface area contributed by atoms with Crippen LogP contribution in [0, 0.1) is 5.92 Å². The van der Waals surface area contributed by atoms with Gasteiger partial charge in [-0.3, -0.25) is 4.79 Å². The standard InChI is InChI=1S/C9H15NO.ClH/c11-9-5-1-3-7(9)8-4-2-6-10-8;/h7-8,10H,1-6H2;1H. The molecule has 1 saturated heterocycles. The van der Waals surface area contributed by atoms with Crippen LogP contribution >= 0.6 is 12.4 Å². The number of halogens is 1. The third-order valence-corrected chi connectivity index (χ3v) is 2.94. The van der Waals surface area contributed by atoms with Crippen LogP contribution in [-0.4, -0.2) is 18.4 Å². The van der Waals surface area contributed by atoms with Crippen molar-refractivity contribution in [3.05, 3.63) is 0 Å². The molecule has 0 aromatic heterocycles. The molecule has 2 atom stereocenters. The topological polar surface area (TPSA) is 29.1 Å². The number of carbonyl (C=O) groups excluding carboxylic acids is 1. The van der Waals surface area contributed by atoms with Crippen LogP contribution in [0.5, 0.6) is 0 Å². The van der Waals surface area contributed by atoms with Crippen molar-refractivity contribution >= 4 is 18.2 Å². The molecule has 1 aliphatic carbocycles. The van der Waals surface area contributed by atoms with Gasteiger partial charge in [-0.2, -0.15) is 0 Å². The molecule has 1 N–H and O–H groups in total. The first-order valence-electron chi connectivity index (χ1n) is 4.64. The van der Waals surface area contributed by atoms with Crippen LogP contribution in [0.2, 0.25) is 0 Å². The molecule has 70 valence electrons. The van der Waals surface area contributed by atoms with Crippen molar-refractivity contribution in [2.24, 2.45) is 5.92 Å². The molecular weight excluding hydrogens is 174 g/mol. The zero-order valence-corrected chi connectivity index (χ0v) is 8.03. The third kappa shape index (κ3) is 1.80. The van der Waals surface area contributed by atoms with Crippen molar-refractivity contribution in [1.29, 1.82) is 0 Å². The van der Waals surface area contributed by atoms with Gasteiger partial charge in [0.05, 0.1) is 0 Å². The molecule has 2 unspecified atom stereocenters. The Kier molecular flexibility index (Phi) is 3.53. The Morgan fingerprint density at radius 3 is 2.58 bits per heavy atom. The minimum atomic E-state index is 0. The summed E-state index contributed by atoms with van der Waals surface area (Å²) in [7, 11) is 0. The first-order chi connectivity index (χ1) is 5.38. The molecule has 2 rings (SSSR count). The quantitative estimate of drug-likeness (QED) is 0.678. The van der Waals surface area contributed by atoms with E-state index in [0.717, 1.165) is 25.8 Å². The Bertz CT molecular complexity index is 166. The van der Waals surface area contributed by atoms with Crippen LogP contribution in [0.25, 0.3) is 0 Å². The molecule has 1 aliphatic heterocycles. The summed E-state index contributed by atoms with van der Waals surface area (Å²) in [4.78, 5) is 11.3. The molecule has 1 heterocycles. The average molecular weight is 190 g/mol. The Morgan fingerprint density at radius 2 is 2.08 bits per heavy atom. The summed E-state index contributed by atoms with van der Waals surface area (Å²) < 4.78 is 0. The summed E-state index contributed by atoms with van der Waals surface area (Å²) in [5.41, 5.74) is 0. The van der Waals surface area contributed by atoms with Gasteiger partial charge < -0.3 is 5.32 Å². The Balaban J connectivity index is 0.000000720. The van der Waals surface area contributed by atoms with E-state index in [1.54, 1.807) is 0 Å². The number of hydrogen-bond donors (Lipinski definition) is 1. The van der Waals surface area contributed by atoms with Gasteiger partial charge in [0.25, 0.3) is 0 Å². The maximum atomic E-state index is 11.3. The maximum Gasteiger partial charge on any atom is 0.137 e. The normalized spacial score (nSPS) is 35.2. The Morgan fingerprint density at radius 1 is 1.25 bits per heavy atom. The second-order valence-electron chi connectivity index (χ2n) is 3.67. The summed E-state index contributed by atoms with van der Waals surface area (Å²) in [5, 5.41) is 3.41. The molecule has 12 heavy (non-hydrogen) atoms. The second-order valence-corrected chi connectivity index (χ2v) is 3.67. The average Bonchev–Trinajstić information content (AvgIpc) is 2.55. The molecule has 0 aromatic rings. The summed E-state index contributed by atoms with van der Waals surface area (Å²) in [6.07, 6.45) is 5.58. The molecule has 2 aliphatic rings. The van der Waals surface area contributed by atoms with Gasteiger partial charge in [0.15, 0.2) is 0 Å². The fourth-order valence-corrected chi connectivity index (χ4v) is 2.32. The van der Waals surface area contributed by atoms with E-state index in [1.165, 1.54) is 12.8 Å². The monoisotopic (exact) mass is 189 g/mol. The SMILES string of the molecule is Cl.O=C1CCCC1C1CCCN1. The summed E-state index contributed by atoms with van der Waals surface area (Å²) in [6, 6.07) is 0.532. The highest BCUT2D eigenvalue weighted by atomic mass is 35.5. The summed E-state index contributed by atoms with van der Waals surface area (Å²) >= 11 is 0. The molecule has 0 spiro atoms. The molecule has 2 fully saturated rings. The van der Waals surface area contributed by atoms with Gasteiger partial charge in [-0.1, -0.05) is 0 Å². The van der Waals surface area contributed by atoms with E-state index in [-0.39, 0.29) is 12.4 Å². The van der Waals surface area contributed by atoms with Gasteiger partial charge >= 0.3 is 0 Å². The number of rotatable bonds is 1. The van der Waals surface area contributed by atoms with Crippen molar-refractivity contribution in [2.45, 2.75) is 38.1 Å². The number of Topliss-reactive ketones (excluding diaryl/α,β-unsaturated/α-hetero) is 1. The van der Waals surface area contributed by atoms with Crippen LogP contribution in [-0.2, 0) is 4.79 Å². The molecule has 0 radical (unpaired) electrons. The molecule has 0 bridgehead atoms. The minimum absolute atomic E-state index is 0. The highest BCUT2D eigenvalue weighted by molar-refractivity contribution is 5.85. The lowest BCUT2D eigenvalue weighted by molar-refractivity contribution is -0.121. The zero-order chi connectivity index (χ0) is 7.68. The van der Waals surface area contributed by atoms with Crippen molar-refractivity contribution in [2.75, 3.05) is 6.54 Å². The summed E-state index contributed by atoms with van der Waals surface area (Å²) in [6.45, 7) is 1.12. The largest absolute Gasteiger partial charge is 0.313 e. The number of nitrogens with one attached hydrogen (secondary N) is 1. The lowest BCUT2D eigenvalue weighted by atomic mass is 9.96. The van der Waals surface area contributed by atoms with Gasteiger partial charge in [0.1, 0.15) is 5.78 Å². The molecule has 0 amide bonds. The first kappa shape index (κ1) is 10.0.